The monoisotopic (exact) mass is 221 g/mol. The fourth-order valence-corrected chi connectivity index (χ4v) is 2.07. The Morgan fingerprint density at radius 1 is 0.824 bits per heavy atom. The maximum atomic E-state index is 5.85. The maximum Gasteiger partial charge on any atom is 0.360 e. The van der Waals surface area contributed by atoms with Crippen LogP contribution in [0.3, 0.4) is 0 Å². The Hall–Kier alpha value is -2.15. The topological polar surface area (TPSA) is 11.3 Å². The number of fused-ring (bicyclic) bond motifs is 1. The zero-order valence-corrected chi connectivity index (χ0v) is 9.68. The molecule has 82 valence electrons. The van der Waals surface area contributed by atoms with Gasteiger partial charge in [-0.15, -0.1) is 0 Å². The van der Waals surface area contributed by atoms with Crippen molar-refractivity contribution >= 4 is 11.0 Å². The minimum atomic E-state index is 0.935. The van der Waals surface area contributed by atoms with E-state index in [1.807, 2.05) is 43.3 Å². The van der Waals surface area contributed by atoms with Crippen molar-refractivity contribution in [2.45, 2.75) is 6.92 Å². The highest BCUT2D eigenvalue weighted by atomic mass is 16.3. The van der Waals surface area contributed by atoms with Gasteiger partial charge in [-0.05, 0) is 17.7 Å². The molecule has 0 saturated carbocycles. The van der Waals surface area contributed by atoms with Crippen molar-refractivity contribution in [2.24, 2.45) is 0 Å². The molecule has 0 aliphatic rings. The second-order valence-corrected chi connectivity index (χ2v) is 4.12. The third-order valence-electron chi connectivity index (χ3n) is 2.95. The molecule has 0 radical (unpaired) electrons. The maximum absolute atomic E-state index is 5.85. The van der Waals surface area contributed by atoms with Crippen LogP contribution in [0.25, 0.3) is 22.1 Å². The van der Waals surface area contributed by atoms with Crippen LogP contribution in [0, 0.1) is 6.92 Å². The number of hydrogen-bond donors (Lipinski definition) is 0. The fourth-order valence-electron chi connectivity index (χ4n) is 2.07. The summed E-state index contributed by atoms with van der Waals surface area (Å²) < 4.78 is 5.85. The molecule has 0 fully saturated rings. The van der Waals surface area contributed by atoms with Crippen LogP contribution in [0.1, 0.15) is 5.76 Å². The van der Waals surface area contributed by atoms with Crippen LogP contribution in [0.15, 0.2) is 65.1 Å². The predicted octanol–water partition coefficient (Wildman–Crippen LogP) is 4.69. The van der Waals surface area contributed by atoms with Gasteiger partial charge in [0.2, 0.25) is 0 Å². The van der Waals surface area contributed by atoms with E-state index in [4.69, 9.17) is 4.42 Å². The Kier molecular flexibility index (Phi) is 2.37. The normalized spacial score (nSPS) is 10.6. The van der Waals surface area contributed by atoms with Gasteiger partial charge in [-0.3, -0.25) is 0 Å². The van der Waals surface area contributed by atoms with E-state index in [1.54, 1.807) is 0 Å². The highest BCUT2D eigenvalue weighted by molar-refractivity contribution is 5.82. The van der Waals surface area contributed by atoms with Crippen LogP contribution < -0.4 is 0 Å². The Balaban J connectivity index is 2.27. The molecule has 1 nitrogen and oxygen atoms in total. The van der Waals surface area contributed by atoms with Crippen LogP contribution >= 0.6 is 0 Å². The smallest absolute Gasteiger partial charge is 0.212 e. The van der Waals surface area contributed by atoms with E-state index in [0.29, 0.717) is 0 Å². The molecule has 0 saturated heterocycles. The van der Waals surface area contributed by atoms with Crippen molar-refractivity contribution in [2.75, 3.05) is 0 Å². The summed E-state index contributed by atoms with van der Waals surface area (Å²) in [4.78, 5) is 0. The Morgan fingerprint density at radius 3 is 2.35 bits per heavy atom. The zero-order chi connectivity index (χ0) is 11.7. The van der Waals surface area contributed by atoms with Gasteiger partial charge >= 0.3 is 11.3 Å². The Morgan fingerprint density at radius 2 is 1.53 bits per heavy atom. The van der Waals surface area contributed by atoms with Crippen LogP contribution in [0.4, 0.5) is 0 Å². The van der Waals surface area contributed by atoms with E-state index in [1.165, 1.54) is 5.56 Å². The number of aryl methyl sites for hydroxylation is 1. The summed E-state index contributed by atoms with van der Waals surface area (Å²) in [5.74, 6) is 0.954. The molecule has 3 aromatic rings. The Labute approximate surface area is 100 Å². The lowest BCUT2D eigenvalue weighted by atomic mass is 10.0. The molecule has 1 aromatic heterocycles. The number of rotatable bonds is 1. The first-order chi connectivity index (χ1) is 8.34. The first-order valence-electron chi connectivity index (χ1n) is 5.72. The van der Waals surface area contributed by atoms with E-state index in [9.17, 15) is 0 Å². The van der Waals surface area contributed by atoms with Crippen molar-refractivity contribution in [1.29, 1.82) is 0 Å². The molecule has 0 N–H and O–H groups in total. The SMILES string of the molecule is Cc1[o+]c2ccccc2cc1-c1ccccc1. The summed E-state index contributed by atoms with van der Waals surface area (Å²) in [6.45, 7) is 2.01. The fraction of sp³-hybridized carbons (Fsp3) is 0.0625. The lowest BCUT2D eigenvalue weighted by Gasteiger charge is -1.99. The van der Waals surface area contributed by atoms with Crippen molar-refractivity contribution in [3.05, 3.63) is 66.4 Å². The number of hydrogen-bond acceptors (Lipinski definition) is 0. The second kappa shape index (κ2) is 4.02. The van der Waals surface area contributed by atoms with E-state index in [-0.39, 0.29) is 0 Å². The van der Waals surface area contributed by atoms with Gasteiger partial charge in [0.1, 0.15) is 0 Å². The molecule has 0 spiro atoms. The van der Waals surface area contributed by atoms with Gasteiger partial charge in [0.15, 0.2) is 0 Å². The minimum absolute atomic E-state index is 0.935. The van der Waals surface area contributed by atoms with Gasteiger partial charge in [-0.1, -0.05) is 42.5 Å². The van der Waals surface area contributed by atoms with Crippen molar-refractivity contribution in [1.82, 2.24) is 0 Å². The molecule has 1 heteroatoms. The predicted molar refractivity (Wildman–Crippen MR) is 70.8 cm³/mol. The van der Waals surface area contributed by atoms with Crippen molar-refractivity contribution in [3.8, 4) is 11.1 Å². The molecule has 0 atom stereocenters. The van der Waals surface area contributed by atoms with Gasteiger partial charge < -0.3 is 0 Å². The summed E-state index contributed by atoms with van der Waals surface area (Å²) in [6.07, 6.45) is 0. The zero-order valence-electron chi connectivity index (χ0n) is 9.68. The van der Waals surface area contributed by atoms with Crippen LogP contribution in [0.5, 0.6) is 0 Å². The van der Waals surface area contributed by atoms with Crippen LogP contribution in [-0.2, 0) is 0 Å². The number of benzene rings is 2. The van der Waals surface area contributed by atoms with Gasteiger partial charge in [0, 0.05) is 6.07 Å². The van der Waals surface area contributed by atoms with Gasteiger partial charge in [0.05, 0.1) is 17.9 Å². The summed E-state index contributed by atoms with van der Waals surface area (Å²) in [7, 11) is 0. The molecule has 17 heavy (non-hydrogen) atoms. The van der Waals surface area contributed by atoms with Crippen molar-refractivity contribution < 1.29 is 4.42 Å². The summed E-state index contributed by atoms with van der Waals surface area (Å²) in [6, 6.07) is 20.6. The minimum Gasteiger partial charge on any atom is -0.212 e. The summed E-state index contributed by atoms with van der Waals surface area (Å²) in [5, 5.41) is 1.14. The van der Waals surface area contributed by atoms with Crippen molar-refractivity contribution in [3.63, 3.8) is 0 Å². The molecule has 0 aliphatic carbocycles. The summed E-state index contributed by atoms with van der Waals surface area (Å²) in [5.41, 5.74) is 3.29. The van der Waals surface area contributed by atoms with E-state index < -0.39 is 0 Å². The molecule has 0 unspecified atom stereocenters. The standard InChI is InChI=1S/C16H13O/c1-12-15(13-7-3-2-4-8-13)11-14-9-5-6-10-16(14)17-12/h2-11H,1H3/q+1. The van der Waals surface area contributed by atoms with Gasteiger partial charge in [-0.25, -0.2) is 4.42 Å². The molecular formula is C16H13O+. The highest BCUT2D eigenvalue weighted by Crippen LogP contribution is 2.27. The largest absolute Gasteiger partial charge is 0.360 e. The lowest BCUT2D eigenvalue weighted by molar-refractivity contribution is 0.568. The molecule has 0 aliphatic heterocycles. The van der Waals surface area contributed by atoms with Gasteiger partial charge in [0.25, 0.3) is 0 Å². The molecular weight excluding hydrogens is 208 g/mol. The molecule has 0 amide bonds. The summed E-state index contributed by atoms with van der Waals surface area (Å²) >= 11 is 0. The quantitative estimate of drug-likeness (QED) is 0.542. The van der Waals surface area contributed by atoms with Gasteiger partial charge in [-0.2, -0.15) is 0 Å². The average Bonchev–Trinajstić information content (AvgIpc) is 2.39. The average molecular weight is 221 g/mol. The molecule has 1 heterocycles. The van der Waals surface area contributed by atoms with E-state index >= 15 is 0 Å². The van der Waals surface area contributed by atoms with Crippen LogP contribution in [0.2, 0.25) is 0 Å². The molecule has 0 bridgehead atoms. The van der Waals surface area contributed by atoms with Crippen LogP contribution in [-0.4, -0.2) is 0 Å². The molecule has 3 rings (SSSR count). The Bertz CT molecular complexity index is 657. The molecule has 2 aromatic carbocycles. The van der Waals surface area contributed by atoms with E-state index in [0.717, 1.165) is 22.3 Å². The lowest BCUT2D eigenvalue weighted by Crippen LogP contribution is -1.84. The third kappa shape index (κ3) is 1.80. The first kappa shape index (κ1) is 10.0. The van der Waals surface area contributed by atoms with E-state index in [2.05, 4.69) is 24.3 Å². The first-order valence-corrected chi connectivity index (χ1v) is 5.72. The number of para-hydroxylation sites is 1. The highest BCUT2D eigenvalue weighted by Gasteiger charge is 2.15. The third-order valence-corrected chi connectivity index (χ3v) is 2.95. The second-order valence-electron chi connectivity index (χ2n) is 4.12.